The molecule has 0 radical (unpaired) electrons. The van der Waals surface area contributed by atoms with Gasteiger partial charge in [0.05, 0.1) is 16.5 Å². The molecule has 28 heavy (non-hydrogen) atoms. The van der Waals surface area contributed by atoms with E-state index in [2.05, 4.69) is 0 Å². The number of hydrogen-bond donors (Lipinski definition) is 1. The number of carbonyl (C=O) groups excluding carboxylic acids is 3. The number of ketones is 1. The van der Waals surface area contributed by atoms with Crippen LogP contribution in [0.15, 0.2) is 53.1 Å². The predicted molar refractivity (Wildman–Crippen MR) is 105 cm³/mol. The smallest absolute Gasteiger partial charge is 0.308 e. The van der Waals surface area contributed by atoms with Crippen molar-refractivity contribution in [3.63, 3.8) is 0 Å². The molecule has 1 aromatic heterocycles. The standard InChI is InChI=1S/C21H21NO5S/c1-3-4-11-22-18(14-7-9-15(10-8-14)27-13(2)23)17(20(25)21(22)26)19(24)16-6-5-12-28-16/h5-10,12,18,25H,3-4,11H2,1-2H3. The molecular weight excluding hydrogens is 378 g/mol. The van der Waals surface area contributed by atoms with Crippen LogP contribution in [0.5, 0.6) is 5.75 Å². The summed E-state index contributed by atoms with van der Waals surface area (Å²) in [5, 5.41) is 12.3. The van der Waals surface area contributed by atoms with Gasteiger partial charge in [0.1, 0.15) is 5.75 Å². The Kier molecular flexibility index (Phi) is 5.94. The molecule has 2 heterocycles. The van der Waals surface area contributed by atoms with Crippen LogP contribution in [-0.4, -0.2) is 34.2 Å². The van der Waals surface area contributed by atoms with Gasteiger partial charge in [-0.3, -0.25) is 14.4 Å². The number of benzene rings is 1. The Bertz CT molecular complexity index is 915. The van der Waals surface area contributed by atoms with Crippen LogP contribution in [0.1, 0.15) is 48.0 Å². The largest absolute Gasteiger partial charge is 0.503 e. The molecule has 0 saturated carbocycles. The van der Waals surface area contributed by atoms with Gasteiger partial charge in [0.2, 0.25) is 5.78 Å². The van der Waals surface area contributed by atoms with Crippen molar-refractivity contribution in [1.29, 1.82) is 0 Å². The van der Waals surface area contributed by atoms with E-state index in [1.807, 2.05) is 6.92 Å². The minimum atomic E-state index is -0.681. The fourth-order valence-electron chi connectivity index (χ4n) is 3.22. The first-order chi connectivity index (χ1) is 13.4. The first-order valence-corrected chi connectivity index (χ1v) is 9.92. The Morgan fingerprint density at radius 1 is 1.21 bits per heavy atom. The highest BCUT2D eigenvalue weighted by molar-refractivity contribution is 7.12. The maximum absolute atomic E-state index is 13.0. The van der Waals surface area contributed by atoms with E-state index in [0.717, 1.165) is 12.8 Å². The summed E-state index contributed by atoms with van der Waals surface area (Å²) in [7, 11) is 0. The Hall–Kier alpha value is -2.93. The lowest BCUT2D eigenvalue weighted by molar-refractivity contribution is -0.132. The van der Waals surface area contributed by atoms with Crippen LogP contribution >= 0.6 is 11.3 Å². The van der Waals surface area contributed by atoms with Crippen molar-refractivity contribution in [3.05, 3.63) is 63.6 Å². The lowest BCUT2D eigenvalue weighted by Gasteiger charge is -2.26. The second-order valence-corrected chi connectivity index (χ2v) is 7.43. The lowest BCUT2D eigenvalue weighted by atomic mass is 9.95. The maximum atomic E-state index is 13.0. The number of unbranched alkanes of at least 4 members (excludes halogenated alkanes) is 1. The predicted octanol–water partition coefficient (Wildman–Crippen LogP) is 4.05. The SMILES string of the molecule is CCCCN1C(=O)C(O)=C(C(=O)c2cccs2)C1c1ccc(OC(C)=O)cc1. The van der Waals surface area contributed by atoms with Crippen molar-refractivity contribution in [1.82, 2.24) is 4.90 Å². The number of amides is 1. The van der Waals surface area contributed by atoms with Gasteiger partial charge in [-0.1, -0.05) is 31.5 Å². The van der Waals surface area contributed by atoms with Gasteiger partial charge >= 0.3 is 5.97 Å². The van der Waals surface area contributed by atoms with Crippen molar-refractivity contribution >= 4 is 29.0 Å². The molecule has 1 atom stereocenters. The third kappa shape index (κ3) is 3.84. The summed E-state index contributed by atoms with van der Waals surface area (Å²) in [6.45, 7) is 3.75. The number of aliphatic hydroxyl groups is 1. The minimum absolute atomic E-state index is 0.0868. The normalized spacial score (nSPS) is 16.6. The molecule has 0 aliphatic carbocycles. The first-order valence-electron chi connectivity index (χ1n) is 9.04. The molecule has 3 rings (SSSR count). The molecule has 1 amide bonds. The zero-order valence-electron chi connectivity index (χ0n) is 15.7. The van der Waals surface area contributed by atoms with E-state index in [9.17, 15) is 19.5 Å². The molecule has 0 fully saturated rings. The van der Waals surface area contributed by atoms with Crippen LogP contribution in [0.25, 0.3) is 0 Å². The number of thiophene rings is 1. The van der Waals surface area contributed by atoms with Gasteiger partial charge < -0.3 is 14.7 Å². The number of aliphatic hydroxyl groups excluding tert-OH is 1. The lowest BCUT2D eigenvalue weighted by Crippen LogP contribution is -2.32. The van der Waals surface area contributed by atoms with Crippen molar-refractivity contribution in [2.75, 3.05) is 6.54 Å². The molecule has 1 aliphatic rings. The topological polar surface area (TPSA) is 83.9 Å². The monoisotopic (exact) mass is 399 g/mol. The van der Waals surface area contributed by atoms with Gasteiger partial charge in [-0.15, -0.1) is 11.3 Å². The number of Topliss-reactive ketones (excluding diaryl/α,β-unsaturated/α-hetero) is 1. The first kappa shape index (κ1) is 19.8. The fourth-order valence-corrected chi connectivity index (χ4v) is 3.89. The molecule has 1 unspecified atom stereocenters. The van der Waals surface area contributed by atoms with E-state index < -0.39 is 23.7 Å². The van der Waals surface area contributed by atoms with Crippen LogP contribution in [0.3, 0.4) is 0 Å². The van der Waals surface area contributed by atoms with Crippen LogP contribution in [0.4, 0.5) is 0 Å². The Labute approximate surface area is 167 Å². The molecule has 1 N–H and O–H groups in total. The molecular formula is C21H21NO5S. The highest BCUT2D eigenvalue weighted by Crippen LogP contribution is 2.40. The summed E-state index contributed by atoms with van der Waals surface area (Å²) in [6, 6.07) is 9.38. The molecule has 1 aromatic carbocycles. The highest BCUT2D eigenvalue weighted by atomic mass is 32.1. The van der Waals surface area contributed by atoms with Gasteiger partial charge in [-0.25, -0.2) is 0 Å². The van der Waals surface area contributed by atoms with Gasteiger partial charge in [-0.05, 0) is 35.6 Å². The van der Waals surface area contributed by atoms with E-state index >= 15 is 0 Å². The zero-order chi connectivity index (χ0) is 20.3. The van der Waals surface area contributed by atoms with Gasteiger partial charge in [0.15, 0.2) is 5.76 Å². The summed E-state index contributed by atoms with van der Waals surface area (Å²) in [5.41, 5.74) is 0.758. The highest BCUT2D eigenvalue weighted by Gasteiger charge is 2.43. The summed E-state index contributed by atoms with van der Waals surface area (Å²) >= 11 is 1.26. The quantitative estimate of drug-likeness (QED) is 0.431. The van der Waals surface area contributed by atoms with Gasteiger partial charge in [0.25, 0.3) is 5.91 Å². The molecule has 0 saturated heterocycles. The number of rotatable bonds is 7. The molecule has 0 spiro atoms. The number of carbonyl (C=O) groups is 3. The van der Waals surface area contributed by atoms with E-state index in [1.165, 1.54) is 23.2 Å². The van der Waals surface area contributed by atoms with Crippen LogP contribution in [0.2, 0.25) is 0 Å². The van der Waals surface area contributed by atoms with E-state index in [4.69, 9.17) is 4.74 Å². The Morgan fingerprint density at radius 2 is 1.93 bits per heavy atom. The van der Waals surface area contributed by atoms with Crippen molar-refractivity contribution in [2.24, 2.45) is 0 Å². The minimum Gasteiger partial charge on any atom is -0.503 e. The Morgan fingerprint density at radius 3 is 2.50 bits per heavy atom. The molecule has 6 nitrogen and oxygen atoms in total. The molecule has 1 aliphatic heterocycles. The summed E-state index contributed by atoms with van der Waals surface area (Å²) in [4.78, 5) is 38.8. The Balaban J connectivity index is 2.01. The number of nitrogens with zero attached hydrogens (tertiary/aromatic N) is 1. The molecule has 2 aromatic rings. The van der Waals surface area contributed by atoms with E-state index in [-0.39, 0.29) is 11.4 Å². The molecule has 146 valence electrons. The summed E-state index contributed by atoms with van der Waals surface area (Å²) in [5.74, 6) is -1.45. The van der Waals surface area contributed by atoms with Crippen LogP contribution < -0.4 is 4.74 Å². The number of esters is 1. The molecule has 0 bridgehead atoms. The summed E-state index contributed by atoms with van der Waals surface area (Å²) < 4.78 is 5.05. The fraction of sp³-hybridized carbons (Fsp3) is 0.286. The van der Waals surface area contributed by atoms with Gasteiger partial charge in [0, 0.05) is 13.5 Å². The second-order valence-electron chi connectivity index (χ2n) is 6.49. The third-order valence-corrected chi connectivity index (χ3v) is 5.37. The number of ether oxygens (including phenoxy) is 1. The van der Waals surface area contributed by atoms with Crippen molar-refractivity contribution in [2.45, 2.75) is 32.7 Å². The zero-order valence-corrected chi connectivity index (χ0v) is 16.5. The van der Waals surface area contributed by atoms with E-state index in [0.29, 0.717) is 22.7 Å². The third-order valence-electron chi connectivity index (χ3n) is 4.50. The van der Waals surface area contributed by atoms with Gasteiger partial charge in [-0.2, -0.15) is 0 Å². The number of hydrogen-bond acceptors (Lipinski definition) is 6. The van der Waals surface area contributed by atoms with Crippen LogP contribution in [-0.2, 0) is 9.59 Å². The van der Waals surface area contributed by atoms with Crippen LogP contribution in [0, 0.1) is 0 Å². The average molecular weight is 399 g/mol. The van der Waals surface area contributed by atoms with Crippen molar-refractivity contribution in [3.8, 4) is 5.75 Å². The average Bonchev–Trinajstić information content (AvgIpc) is 3.28. The second kappa shape index (κ2) is 8.39. The summed E-state index contributed by atoms with van der Waals surface area (Å²) in [6.07, 6.45) is 1.62. The maximum Gasteiger partial charge on any atom is 0.308 e. The molecule has 7 heteroatoms. The van der Waals surface area contributed by atoms with Crippen molar-refractivity contribution < 1.29 is 24.2 Å². The van der Waals surface area contributed by atoms with E-state index in [1.54, 1.807) is 41.8 Å².